The fourth-order valence-corrected chi connectivity index (χ4v) is 3.97. The molecule has 5 aromatic rings. The molecule has 0 unspecified atom stereocenters. The summed E-state index contributed by atoms with van der Waals surface area (Å²) in [5.74, 6) is -0.775. The molecular weight excluding hydrogens is 464 g/mol. The number of H-pyrrole nitrogens is 2. The first kappa shape index (κ1) is 19.0. The highest BCUT2D eigenvalue weighted by atomic mass is 79.9. The predicted octanol–water partition coefficient (Wildman–Crippen LogP) is 4.93. The molecule has 0 atom stereocenters. The van der Waals surface area contributed by atoms with E-state index in [-0.39, 0.29) is 11.1 Å². The molecule has 3 aromatic carbocycles. The van der Waals surface area contributed by atoms with Crippen LogP contribution < -0.4 is 0 Å². The number of nitrogens with one attached hydrogen (secondary N) is 2. The molecule has 0 aliphatic rings. The van der Waals surface area contributed by atoms with Gasteiger partial charge in [-0.3, -0.25) is 0 Å². The molecule has 0 saturated heterocycles. The maximum absolute atomic E-state index is 11.2. The van der Waals surface area contributed by atoms with Gasteiger partial charge in [-0.2, -0.15) is 0 Å². The number of carboxylic acids is 2. The van der Waals surface area contributed by atoms with Crippen LogP contribution in [0.25, 0.3) is 44.8 Å². The Labute approximate surface area is 182 Å². The van der Waals surface area contributed by atoms with Crippen LogP contribution in [-0.2, 0) is 0 Å². The topological polar surface area (TPSA) is 132 Å². The van der Waals surface area contributed by atoms with Crippen LogP contribution in [0.2, 0.25) is 0 Å². The number of carbonyl (C=O) groups is 2. The first-order valence-corrected chi connectivity index (χ1v) is 9.95. The number of nitrogens with zero attached hydrogens (tertiary/aromatic N) is 2. The Morgan fingerprint density at radius 1 is 0.742 bits per heavy atom. The molecule has 152 valence electrons. The lowest BCUT2D eigenvalue weighted by atomic mass is 10.1. The Hall–Kier alpha value is -3.98. The van der Waals surface area contributed by atoms with Gasteiger partial charge >= 0.3 is 11.9 Å². The van der Waals surface area contributed by atoms with Gasteiger partial charge in [0.15, 0.2) is 0 Å². The summed E-state index contributed by atoms with van der Waals surface area (Å²) in [6.45, 7) is 0. The molecule has 2 heterocycles. The lowest BCUT2D eigenvalue weighted by molar-refractivity contribution is 0.0686. The van der Waals surface area contributed by atoms with Crippen LogP contribution in [0.4, 0.5) is 0 Å². The van der Waals surface area contributed by atoms with Crippen LogP contribution in [-0.4, -0.2) is 42.1 Å². The average molecular weight is 477 g/mol. The van der Waals surface area contributed by atoms with Gasteiger partial charge in [-0.1, -0.05) is 22.0 Å². The van der Waals surface area contributed by atoms with Crippen LogP contribution in [0, 0.1) is 0 Å². The highest BCUT2D eigenvalue weighted by molar-refractivity contribution is 9.10. The summed E-state index contributed by atoms with van der Waals surface area (Å²) >= 11 is 3.58. The summed E-state index contributed by atoms with van der Waals surface area (Å²) in [5.41, 5.74) is 4.62. The second-order valence-corrected chi connectivity index (χ2v) is 7.79. The van der Waals surface area contributed by atoms with E-state index in [0.29, 0.717) is 33.7 Å². The number of aromatic carboxylic acids is 2. The zero-order valence-corrected chi connectivity index (χ0v) is 17.3. The molecule has 8 nitrogen and oxygen atoms in total. The Morgan fingerprint density at radius 3 is 1.84 bits per heavy atom. The summed E-state index contributed by atoms with van der Waals surface area (Å²) in [4.78, 5) is 37.8. The minimum atomic E-state index is -0.995. The third-order valence-electron chi connectivity index (χ3n) is 4.96. The Morgan fingerprint density at radius 2 is 1.29 bits per heavy atom. The number of halogens is 1. The van der Waals surface area contributed by atoms with Crippen molar-refractivity contribution in [2.24, 2.45) is 0 Å². The van der Waals surface area contributed by atoms with Gasteiger partial charge in [0, 0.05) is 15.6 Å². The maximum atomic E-state index is 11.2. The van der Waals surface area contributed by atoms with E-state index in [4.69, 9.17) is 10.2 Å². The second kappa shape index (κ2) is 7.06. The molecule has 0 aliphatic heterocycles. The number of hydrogen-bond acceptors (Lipinski definition) is 4. The van der Waals surface area contributed by atoms with E-state index in [1.807, 2.05) is 18.2 Å². The van der Waals surface area contributed by atoms with Crippen LogP contribution in [0.5, 0.6) is 0 Å². The Kier molecular flexibility index (Phi) is 4.33. The van der Waals surface area contributed by atoms with E-state index < -0.39 is 11.9 Å². The summed E-state index contributed by atoms with van der Waals surface area (Å²) in [5, 5.41) is 18.3. The molecule has 5 rings (SSSR count). The highest BCUT2D eigenvalue weighted by Gasteiger charge is 2.14. The van der Waals surface area contributed by atoms with Crippen molar-refractivity contribution in [2.45, 2.75) is 0 Å². The van der Waals surface area contributed by atoms with Gasteiger partial charge < -0.3 is 20.2 Å². The molecule has 0 amide bonds. The number of benzene rings is 3. The van der Waals surface area contributed by atoms with E-state index in [0.717, 1.165) is 15.6 Å². The first-order valence-electron chi connectivity index (χ1n) is 9.15. The quantitative estimate of drug-likeness (QED) is 0.290. The molecule has 0 fully saturated rings. The number of aromatic nitrogens is 4. The van der Waals surface area contributed by atoms with E-state index in [2.05, 4.69) is 35.9 Å². The zero-order chi connectivity index (χ0) is 21.7. The van der Waals surface area contributed by atoms with E-state index >= 15 is 0 Å². The minimum Gasteiger partial charge on any atom is -0.478 e. The van der Waals surface area contributed by atoms with Crippen molar-refractivity contribution in [2.75, 3.05) is 0 Å². The molecule has 2 aromatic heterocycles. The van der Waals surface area contributed by atoms with Crippen molar-refractivity contribution < 1.29 is 19.8 Å². The lowest BCUT2D eigenvalue weighted by Gasteiger charge is -2.03. The van der Waals surface area contributed by atoms with Crippen molar-refractivity contribution in [3.63, 3.8) is 0 Å². The van der Waals surface area contributed by atoms with Crippen molar-refractivity contribution in [1.29, 1.82) is 0 Å². The summed E-state index contributed by atoms with van der Waals surface area (Å²) in [6.07, 6.45) is 0. The van der Waals surface area contributed by atoms with Crippen molar-refractivity contribution in [3.8, 4) is 22.8 Å². The third kappa shape index (κ3) is 3.34. The smallest absolute Gasteiger partial charge is 0.335 e. The van der Waals surface area contributed by atoms with Crippen LogP contribution >= 0.6 is 15.9 Å². The first-order chi connectivity index (χ1) is 14.9. The lowest BCUT2D eigenvalue weighted by Crippen LogP contribution is -1.94. The van der Waals surface area contributed by atoms with Gasteiger partial charge in [-0.15, -0.1) is 0 Å². The van der Waals surface area contributed by atoms with Crippen LogP contribution in [0.15, 0.2) is 59.1 Å². The van der Waals surface area contributed by atoms with Crippen LogP contribution in [0.3, 0.4) is 0 Å². The molecule has 31 heavy (non-hydrogen) atoms. The van der Waals surface area contributed by atoms with Crippen molar-refractivity contribution >= 4 is 49.9 Å². The van der Waals surface area contributed by atoms with Gasteiger partial charge in [0.25, 0.3) is 0 Å². The number of fused-ring (bicyclic) bond motifs is 2. The number of imidazole rings is 2. The number of aromatic amines is 2. The van der Waals surface area contributed by atoms with Gasteiger partial charge in [-0.05, 0) is 48.5 Å². The van der Waals surface area contributed by atoms with Gasteiger partial charge in [-0.25, -0.2) is 19.6 Å². The third-order valence-corrected chi connectivity index (χ3v) is 5.61. The Bertz CT molecular complexity index is 1520. The maximum Gasteiger partial charge on any atom is 0.335 e. The highest BCUT2D eigenvalue weighted by Crippen LogP contribution is 2.32. The van der Waals surface area contributed by atoms with Crippen molar-refractivity contribution in [1.82, 2.24) is 19.9 Å². The molecule has 0 bridgehead atoms. The van der Waals surface area contributed by atoms with E-state index in [1.165, 1.54) is 12.1 Å². The Balaban J connectivity index is 1.53. The zero-order valence-electron chi connectivity index (χ0n) is 15.7. The summed E-state index contributed by atoms with van der Waals surface area (Å²) in [6, 6.07) is 15.1. The minimum absolute atomic E-state index is 0.188. The number of hydrogen-bond donors (Lipinski definition) is 4. The standard InChI is InChI=1S/C22H13BrN4O4/c23-14-7-10(19-24-15-5-2-11(21(28)29)8-17(15)26-19)1-4-13(14)20-25-16-6-3-12(22(30)31)9-18(16)27-20/h1-9H,(H,24,26)(H,25,27)(H,28,29)(H,30,31). The van der Waals surface area contributed by atoms with Gasteiger partial charge in [0.2, 0.25) is 0 Å². The van der Waals surface area contributed by atoms with Crippen LogP contribution in [0.1, 0.15) is 20.7 Å². The molecular formula is C22H13BrN4O4. The molecule has 9 heteroatoms. The monoisotopic (exact) mass is 476 g/mol. The summed E-state index contributed by atoms with van der Waals surface area (Å²) < 4.78 is 0.772. The van der Waals surface area contributed by atoms with Gasteiger partial charge in [0.05, 0.1) is 33.2 Å². The normalized spacial score (nSPS) is 11.3. The van der Waals surface area contributed by atoms with Gasteiger partial charge in [0.1, 0.15) is 11.6 Å². The predicted molar refractivity (Wildman–Crippen MR) is 118 cm³/mol. The molecule has 4 N–H and O–H groups in total. The molecule has 0 radical (unpaired) electrons. The number of rotatable bonds is 4. The fraction of sp³-hybridized carbons (Fsp3) is 0. The largest absolute Gasteiger partial charge is 0.478 e. The summed E-state index contributed by atoms with van der Waals surface area (Å²) in [7, 11) is 0. The van der Waals surface area contributed by atoms with Crippen molar-refractivity contribution in [3.05, 3.63) is 70.2 Å². The average Bonchev–Trinajstić information content (AvgIpc) is 3.36. The molecule has 0 spiro atoms. The SMILES string of the molecule is O=C(O)c1ccc2nc(-c3ccc(-c4nc5ccc(C(=O)O)cc5[nH]4)c(Br)c3)[nH]c2c1. The number of carboxylic acid groups (broad SMARTS) is 2. The fourth-order valence-electron chi connectivity index (χ4n) is 3.40. The van der Waals surface area contributed by atoms with E-state index in [9.17, 15) is 9.59 Å². The molecule has 0 saturated carbocycles. The van der Waals surface area contributed by atoms with E-state index in [1.54, 1.807) is 24.3 Å². The second-order valence-electron chi connectivity index (χ2n) is 6.94. The molecule has 0 aliphatic carbocycles.